The maximum Gasteiger partial charge on any atom is 0.251 e. The number of hydrogen-bond acceptors (Lipinski definition) is 3. The van der Waals surface area contributed by atoms with E-state index in [4.69, 9.17) is 28.9 Å². The lowest BCUT2D eigenvalue weighted by atomic mass is 10.1. The van der Waals surface area contributed by atoms with Crippen LogP contribution in [0.4, 0.5) is 17.1 Å². The van der Waals surface area contributed by atoms with E-state index in [1.807, 2.05) is 0 Å². The zero-order valence-electron chi connectivity index (χ0n) is 10.7. The van der Waals surface area contributed by atoms with Gasteiger partial charge in [0.2, 0.25) is 0 Å². The van der Waals surface area contributed by atoms with Gasteiger partial charge in [-0.05, 0) is 30.3 Å². The minimum absolute atomic E-state index is 0.195. The summed E-state index contributed by atoms with van der Waals surface area (Å²) in [6.45, 7) is 0. The van der Waals surface area contributed by atoms with Gasteiger partial charge in [0.25, 0.3) is 5.91 Å². The van der Waals surface area contributed by atoms with Gasteiger partial charge in [-0.1, -0.05) is 29.3 Å². The zero-order chi connectivity index (χ0) is 14.7. The van der Waals surface area contributed by atoms with Crippen molar-refractivity contribution in [1.82, 2.24) is 5.32 Å². The smallest absolute Gasteiger partial charge is 0.251 e. The normalized spacial score (nSPS) is 10.2. The van der Waals surface area contributed by atoms with E-state index in [1.165, 1.54) is 0 Å². The molecule has 1 amide bonds. The Morgan fingerprint density at radius 1 is 1.15 bits per heavy atom. The number of benzene rings is 2. The average Bonchev–Trinajstić information content (AvgIpc) is 2.43. The summed E-state index contributed by atoms with van der Waals surface area (Å²) in [6.07, 6.45) is 0. The highest BCUT2D eigenvalue weighted by atomic mass is 35.5. The van der Waals surface area contributed by atoms with Crippen LogP contribution in [0.15, 0.2) is 36.4 Å². The molecule has 0 aromatic heterocycles. The lowest BCUT2D eigenvalue weighted by Crippen LogP contribution is -2.18. The molecule has 6 heteroatoms. The number of para-hydroxylation sites is 1. The molecule has 2 aromatic rings. The van der Waals surface area contributed by atoms with E-state index in [2.05, 4.69) is 10.6 Å². The van der Waals surface area contributed by atoms with Crippen molar-refractivity contribution in [3.63, 3.8) is 0 Å². The summed E-state index contributed by atoms with van der Waals surface area (Å²) in [5.74, 6) is -0.195. The molecule has 2 aromatic carbocycles. The highest BCUT2D eigenvalue weighted by Crippen LogP contribution is 2.34. The number of nitrogens with one attached hydrogen (secondary N) is 2. The Morgan fingerprint density at radius 3 is 2.35 bits per heavy atom. The molecular formula is C14H13Cl2N3O. The van der Waals surface area contributed by atoms with Gasteiger partial charge in [-0.25, -0.2) is 0 Å². The van der Waals surface area contributed by atoms with Crippen molar-refractivity contribution in [1.29, 1.82) is 0 Å². The molecule has 0 atom stereocenters. The molecule has 0 saturated carbocycles. The number of carbonyl (C=O) groups excluding carboxylic acids is 1. The molecule has 0 aliphatic rings. The molecule has 4 N–H and O–H groups in total. The van der Waals surface area contributed by atoms with Crippen LogP contribution in [0.3, 0.4) is 0 Å². The summed E-state index contributed by atoms with van der Waals surface area (Å²) in [7, 11) is 1.56. The summed E-state index contributed by atoms with van der Waals surface area (Å²) in [5.41, 5.74) is 8.06. The quantitative estimate of drug-likeness (QED) is 0.758. The Balaban J connectivity index is 2.33. The van der Waals surface area contributed by atoms with Crippen LogP contribution in [0.25, 0.3) is 0 Å². The maximum atomic E-state index is 11.5. The van der Waals surface area contributed by atoms with Gasteiger partial charge in [0.1, 0.15) is 0 Å². The minimum atomic E-state index is -0.195. The lowest BCUT2D eigenvalue weighted by molar-refractivity contribution is 0.0963. The molecule has 0 spiro atoms. The van der Waals surface area contributed by atoms with Crippen LogP contribution in [0.5, 0.6) is 0 Å². The molecule has 0 radical (unpaired) electrons. The molecule has 104 valence electrons. The van der Waals surface area contributed by atoms with Gasteiger partial charge in [0, 0.05) is 12.6 Å². The fraction of sp³-hybridized carbons (Fsp3) is 0.0714. The molecule has 2 rings (SSSR count). The van der Waals surface area contributed by atoms with Gasteiger partial charge >= 0.3 is 0 Å². The topological polar surface area (TPSA) is 67.2 Å². The fourth-order valence-electron chi connectivity index (χ4n) is 1.71. The van der Waals surface area contributed by atoms with Crippen LogP contribution in [-0.4, -0.2) is 13.0 Å². The van der Waals surface area contributed by atoms with E-state index in [-0.39, 0.29) is 5.91 Å². The van der Waals surface area contributed by atoms with Gasteiger partial charge in [-0.15, -0.1) is 0 Å². The molecule has 20 heavy (non-hydrogen) atoms. The van der Waals surface area contributed by atoms with Crippen molar-refractivity contribution >= 4 is 46.2 Å². The third-order valence-electron chi connectivity index (χ3n) is 2.76. The molecule has 4 nitrogen and oxygen atoms in total. The predicted octanol–water partition coefficient (Wildman–Crippen LogP) is 3.68. The monoisotopic (exact) mass is 309 g/mol. The SMILES string of the molecule is CNC(=O)c1ccc(Nc2c(Cl)cccc2Cl)c(N)c1. The van der Waals surface area contributed by atoms with Crippen LogP contribution < -0.4 is 16.4 Å². The standard InChI is InChI=1S/C14H13Cl2N3O/c1-18-14(20)8-5-6-12(11(17)7-8)19-13-9(15)3-2-4-10(13)16/h2-7,19H,17H2,1H3,(H,18,20). The summed E-state index contributed by atoms with van der Waals surface area (Å²) in [5, 5.41) is 6.60. The Bertz CT molecular complexity index is 639. The van der Waals surface area contributed by atoms with Crippen LogP contribution in [0, 0.1) is 0 Å². The van der Waals surface area contributed by atoms with Crippen molar-refractivity contribution in [3.05, 3.63) is 52.0 Å². The second-order valence-corrected chi connectivity index (χ2v) is 4.92. The predicted molar refractivity (Wildman–Crippen MR) is 84.0 cm³/mol. The van der Waals surface area contributed by atoms with Crippen molar-refractivity contribution in [3.8, 4) is 0 Å². The molecule has 0 fully saturated rings. The highest BCUT2D eigenvalue weighted by Gasteiger charge is 2.10. The van der Waals surface area contributed by atoms with Gasteiger partial charge in [0.15, 0.2) is 0 Å². The van der Waals surface area contributed by atoms with Crippen molar-refractivity contribution in [2.24, 2.45) is 0 Å². The molecule has 0 aliphatic carbocycles. The first kappa shape index (κ1) is 14.5. The van der Waals surface area contributed by atoms with E-state index < -0.39 is 0 Å². The molecule has 0 aliphatic heterocycles. The average molecular weight is 310 g/mol. The third kappa shape index (κ3) is 2.98. The number of nitrogen functional groups attached to an aromatic ring is 1. The van der Waals surface area contributed by atoms with Crippen molar-refractivity contribution < 1.29 is 4.79 Å². The first-order chi connectivity index (χ1) is 9.52. The Kier molecular flexibility index (Phi) is 4.37. The van der Waals surface area contributed by atoms with E-state index >= 15 is 0 Å². The van der Waals surface area contributed by atoms with Crippen LogP contribution in [-0.2, 0) is 0 Å². The number of halogens is 2. The number of carbonyl (C=O) groups is 1. The lowest BCUT2D eigenvalue weighted by Gasteiger charge is -2.13. The van der Waals surface area contributed by atoms with Gasteiger partial charge in [0.05, 0.1) is 27.1 Å². The Labute approximate surface area is 126 Å². The van der Waals surface area contributed by atoms with Crippen LogP contribution in [0.1, 0.15) is 10.4 Å². The molecule has 0 saturated heterocycles. The van der Waals surface area contributed by atoms with E-state index in [9.17, 15) is 4.79 Å². The van der Waals surface area contributed by atoms with Crippen molar-refractivity contribution in [2.45, 2.75) is 0 Å². The van der Waals surface area contributed by atoms with E-state index in [0.29, 0.717) is 32.7 Å². The fourth-order valence-corrected chi connectivity index (χ4v) is 2.21. The Hall–Kier alpha value is -1.91. The first-order valence-electron chi connectivity index (χ1n) is 5.85. The largest absolute Gasteiger partial charge is 0.397 e. The van der Waals surface area contributed by atoms with Gasteiger partial charge < -0.3 is 16.4 Å². The highest BCUT2D eigenvalue weighted by molar-refractivity contribution is 6.39. The molecule has 0 heterocycles. The van der Waals surface area contributed by atoms with Gasteiger partial charge in [-0.3, -0.25) is 4.79 Å². The number of hydrogen-bond donors (Lipinski definition) is 3. The van der Waals surface area contributed by atoms with E-state index in [0.717, 1.165) is 0 Å². The Morgan fingerprint density at radius 2 is 1.80 bits per heavy atom. The first-order valence-corrected chi connectivity index (χ1v) is 6.61. The van der Waals surface area contributed by atoms with Crippen LogP contribution >= 0.6 is 23.2 Å². The number of amides is 1. The summed E-state index contributed by atoms with van der Waals surface area (Å²) >= 11 is 12.2. The summed E-state index contributed by atoms with van der Waals surface area (Å²) in [4.78, 5) is 11.5. The zero-order valence-corrected chi connectivity index (χ0v) is 12.2. The van der Waals surface area contributed by atoms with Crippen LogP contribution in [0.2, 0.25) is 10.0 Å². The van der Waals surface area contributed by atoms with Gasteiger partial charge in [-0.2, -0.15) is 0 Å². The minimum Gasteiger partial charge on any atom is -0.397 e. The second kappa shape index (κ2) is 6.03. The maximum absolute atomic E-state index is 11.5. The van der Waals surface area contributed by atoms with E-state index in [1.54, 1.807) is 43.4 Å². The number of anilines is 3. The molecule has 0 unspecified atom stereocenters. The van der Waals surface area contributed by atoms with Crippen molar-refractivity contribution in [2.75, 3.05) is 18.1 Å². The molecule has 0 bridgehead atoms. The second-order valence-electron chi connectivity index (χ2n) is 4.10. The molecular weight excluding hydrogens is 297 g/mol. The third-order valence-corrected chi connectivity index (χ3v) is 3.39. The number of nitrogens with two attached hydrogens (primary N) is 1. The summed E-state index contributed by atoms with van der Waals surface area (Å²) < 4.78 is 0. The summed E-state index contributed by atoms with van der Waals surface area (Å²) in [6, 6.07) is 10.2. The number of rotatable bonds is 3.